The summed E-state index contributed by atoms with van der Waals surface area (Å²) in [5.41, 5.74) is 4.72. The lowest BCUT2D eigenvalue weighted by Gasteiger charge is -2.16. The molecule has 30 heavy (non-hydrogen) atoms. The van der Waals surface area contributed by atoms with E-state index in [1.54, 1.807) is 18.7 Å². The number of nitrogens with zero attached hydrogens (tertiary/aromatic N) is 4. The fraction of sp³-hybridized carbons (Fsp3) is 0.208. The van der Waals surface area contributed by atoms with Crippen molar-refractivity contribution in [3.63, 3.8) is 0 Å². The van der Waals surface area contributed by atoms with Crippen LogP contribution in [0.2, 0.25) is 0 Å². The van der Waals surface area contributed by atoms with Crippen molar-refractivity contribution >= 4 is 5.91 Å². The minimum Gasteiger partial charge on any atom is -0.345 e. The topological polar surface area (TPSA) is 64.7 Å². The van der Waals surface area contributed by atoms with Gasteiger partial charge in [-0.15, -0.1) is 0 Å². The molecule has 4 aromatic rings. The molecule has 2 aromatic carbocycles. The first kappa shape index (κ1) is 18.4. The monoisotopic (exact) mass is 397 g/mol. The van der Waals surface area contributed by atoms with E-state index in [0.717, 1.165) is 35.5 Å². The normalized spacial score (nSPS) is 14.4. The zero-order valence-corrected chi connectivity index (χ0v) is 16.8. The first-order chi connectivity index (χ1) is 14.7. The van der Waals surface area contributed by atoms with E-state index >= 15 is 0 Å². The fourth-order valence-corrected chi connectivity index (χ4v) is 3.78. The predicted molar refractivity (Wildman–Crippen MR) is 115 cm³/mol. The SMILES string of the molecule is C[C@H](NC(=O)c1cnn(-c2ccccc2)c1C1CC1)c1cccc(-n2ccnc2)c1. The van der Waals surface area contributed by atoms with E-state index in [0.29, 0.717) is 11.5 Å². The van der Waals surface area contributed by atoms with E-state index in [-0.39, 0.29) is 11.9 Å². The molecular weight excluding hydrogens is 374 g/mol. The molecule has 0 spiro atoms. The second-order valence-electron chi connectivity index (χ2n) is 7.73. The Balaban J connectivity index is 1.40. The Morgan fingerprint density at radius 3 is 2.63 bits per heavy atom. The maximum absolute atomic E-state index is 13.2. The van der Waals surface area contributed by atoms with Gasteiger partial charge in [0.15, 0.2) is 0 Å². The second-order valence-corrected chi connectivity index (χ2v) is 7.73. The summed E-state index contributed by atoms with van der Waals surface area (Å²) >= 11 is 0. The third-order valence-electron chi connectivity index (χ3n) is 5.54. The Morgan fingerprint density at radius 2 is 1.90 bits per heavy atom. The quantitative estimate of drug-likeness (QED) is 0.524. The zero-order valence-electron chi connectivity index (χ0n) is 16.8. The molecule has 0 aliphatic heterocycles. The largest absolute Gasteiger partial charge is 0.345 e. The molecule has 150 valence electrons. The molecule has 0 bridgehead atoms. The Labute approximate surface area is 175 Å². The molecule has 1 N–H and O–H groups in total. The van der Waals surface area contributed by atoms with Crippen LogP contribution in [-0.2, 0) is 0 Å². The maximum Gasteiger partial charge on any atom is 0.255 e. The van der Waals surface area contributed by atoms with E-state index in [2.05, 4.69) is 21.5 Å². The van der Waals surface area contributed by atoms with Gasteiger partial charge in [-0.25, -0.2) is 9.67 Å². The fourth-order valence-electron chi connectivity index (χ4n) is 3.78. The van der Waals surface area contributed by atoms with Crippen LogP contribution in [0.3, 0.4) is 0 Å². The van der Waals surface area contributed by atoms with Crippen molar-refractivity contribution in [1.29, 1.82) is 0 Å². The zero-order chi connectivity index (χ0) is 20.5. The van der Waals surface area contributed by atoms with Crippen LogP contribution in [0.15, 0.2) is 79.5 Å². The van der Waals surface area contributed by atoms with Crippen molar-refractivity contribution in [2.45, 2.75) is 31.7 Å². The number of hydrogen-bond donors (Lipinski definition) is 1. The molecule has 0 saturated heterocycles. The van der Waals surface area contributed by atoms with Crippen LogP contribution in [0.5, 0.6) is 0 Å². The summed E-state index contributed by atoms with van der Waals surface area (Å²) in [6.07, 6.45) is 9.32. The maximum atomic E-state index is 13.2. The number of carbonyl (C=O) groups is 1. The summed E-state index contributed by atoms with van der Waals surface area (Å²) in [6, 6.07) is 18.0. The van der Waals surface area contributed by atoms with E-state index in [9.17, 15) is 4.79 Å². The van der Waals surface area contributed by atoms with E-state index in [1.807, 2.05) is 70.9 Å². The molecule has 5 rings (SSSR count). The van der Waals surface area contributed by atoms with E-state index in [1.165, 1.54) is 0 Å². The molecule has 2 aromatic heterocycles. The van der Waals surface area contributed by atoms with Crippen molar-refractivity contribution in [3.05, 3.63) is 96.3 Å². The van der Waals surface area contributed by atoms with Crippen molar-refractivity contribution in [1.82, 2.24) is 24.6 Å². The number of hydrogen-bond acceptors (Lipinski definition) is 3. The van der Waals surface area contributed by atoms with Gasteiger partial charge < -0.3 is 9.88 Å². The molecule has 0 unspecified atom stereocenters. The number of benzene rings is 2. The third-order valence-corrected chi connectivity index (χ3v) is 5.54. The Morgan fingerprint density at radius 1 is 1.10 bits per heavy atom. The second kappa shape index (κ2) is 7.63. The van der Waals surface area contributed by atoms with Gasteiger partial charge in [-0.05, 0) is 49.6 Å². The van der Waals surface area contributed by atoms with Gasteiger partial charge >= 0.3 is 0 Å². The number of rotatable bonds is 6. The van der Waals surface area contributed by atoms with Gasteiger partial charge in [0.1, 0.15) is 0 Å². The predicted octanol–water partition coefficient (Wildman–Crippen LogP) is 4.43. The number of carbonyl (C=O) groups excluding carboxylic acids is 1. The molecular formula is C24H23N5O. The van der Waals surface area contributed by atoms with Crippen LogP contribution in [0.1, 0.15) is 53.3 Å². The number of amides is 1. The highest BCUT2D eigenvalue weighted by atomic mass is 16.1. The van der Waals surface area contributed by atoms with Crippen molar-refractivity contribution in [2.24, 2.45) is 0 Å². The standard InChI is InChI=1S/C24H23N5O/c1-17(19-6-5-9-21(14-19)28-13-12-25-16-28)27-24(30)22-15-26-29(23(22)18-10-11-18)20-7-3-2-4-8-20/h2-9,12-18H,10-11H2,1H3,(H,27,30)/t17-/m0/s1. The smallest absolute Gasteiger partial charge is 0.255 e. The molecule has 0 radical (unpaired) electrons. The Bertz CT molecular complexity index is 1160. The molecule has 6 heteroatoms. The highest BCUT2D eigenvalue weighted by molar-refractivity contribution is 5.95. The van der Waals surface area contributed by atoms with Gasteiger partial charge in [-0.2, -0.15) is 5.10 Å². The van der Waals surface area contributed by atoms with Gasteiger partial charge in [-0.1, -0.05) is 30.3 Å². The molecule has 1 atom stereocenters. The Kier molecular flexibility index (Phi) is 4.67. The summed E-state index contributed by atoms with van der Waals surface area (Å²) in [6.45, 7) is 2.00. The van der Waals surface area contributed by atoms with Crippen LogP contribution in [0.4, 0.5) is 0 Å². The lowest BCUT2D eigenvalue weighted by Crippen LogP contribution is -2.27. The number of imidazole rings is 1. The summed E-state index contributed by atoms with van der Waals surface area (Å²) in [7, 11) is 0. The molecule has 1 aliphatic rings. The molecule has 2 heterocycles. The minimum atomic E-state index is -0.131. The minimum absolute atomic E-state index is 0.0837. The van der Waals surface area contributed by atoms with Crippen molar-refractivity contribution in [3.8, 4) is 11.4 Å². The van der Waals surface area contributed by atoms with Crippen LogP contribution in [0.25, 0.3) is 11.4 Å². The summed E-state index contributed by atoms with van der Waals surface area (Å²) < 4.78 is 3.87. The van der Waals surface area contributed by atoms with Crippen molar-refractivity contribution < 1.29 is 4.79 Å². The van der Waals surface area contributed by atoms with Gasteiger partial charge in [-0.3, -0.25) is 4.79 Å². The van der Waals surface area contributed by atoms with Crippen LogP contribution in [-0.4, -0.2) is 25.2 Å². The molecule has 1 aliphatic carbocycles. The average Bonchev–Trinajstić information content (AvgIpc) is 3.28. The molecule has 6 nitrogen and oxygen atoms in total. The van der Waals surface area contributed by atoms with Crippen LogP contribution >= 0.6 is 0 Å². The highest BCUT2D eigenvalue weighted by Crippen LogP contribution is 2.42. The van der Waals surface area contributed by atoms with Crippen LogP contribution < -0.4 is 5.32 Å². The molecule has 1 amide bonds. The van der Waals surface area contributed by atoms with Gasteiger partial charge in [0.25, 0.3) is 5.91 Å². The summed E-state index contributed by atoms with van der Waals surface area (Å²) in [4.78, 5) is 17.3. The number of nitrogens with one attached hydrogen (secondary N) is 1. The lowest BCUT2D eigenvalue weighted by molar-refractivity contribution is 0.0939. The van der Waals surface area contributed by atoms with Gasteiger partial charge in [0, 0.05) is 24.0 Å². The first-order valence-electron chi connectivity index (χ1n) is 10.2. The van der Waals surface area contributed by atoms with Crippen LogP contribution in [0, 0.1) is 0 Å². The summed E-state index contributed by atoms with van der Waals surface area (Å²) in [5.74, 6) is 0.313. The molecule has 1 saturated carbocycles. The van der Waals surface area contributed by atoms with E-state index < -0.39 is 0 Å². The average molecular weight is 397 g/mol. The van der Waals surface area contributed by atoms with E-state index in [4.69, 9.17) is 0 Å². The van der Waals surface area contributed by atoms with Gasteiger partial charge in [0.2, 0.25) is 0 Å². The first-order valence-corrected chi connectivity index (χ1v) is 10.2. The molecule has 1 fully saturated rings. The Hall–Kier alpha value is -3.67. The summed E-state index contributed by atoms with van der Waals surface area (Å²) in [5, 5.41) is 7.70. The van der Waals surface area contributed by atoms with Gasteiger partial charge in [0.05, 0.1) is 35.5 Å². The highest BCUT2D eigenvalue weighted by Gasteiger charge is 2.33. The number of para-hydroxylation sites is 1. The number of aromatic nitrogens is 4. The van der Waals surface area contributed by atoms with Crippen molar-refractivity contribution in [2.75, 3.05) is 0 Å². The third kappa shape index (κ3) is 3.52. The lowest BCUT2D eigenvalue weighted by atomic mass is 10.1.